The number of rotatable bonds is 4. The fourth-order valence-electron chi connectivity index (χ4n) is 4.18. The molecule has 1 saturated heterocycles. The minimum atomic E-state index is -4.36. The van der Waals surface area contributed by atoms with Gasteiger partial charge in [-0.2, -0.15) is 13.2 Å². The first-order chi connectivity index (χ1) is 11.9. The number of hydrogen-bond acceptors (Lipinski definition) is 3. The normalized spacial score (nSPS) is 21.6. The Morgan fingerprint density at radius 2 is 1.70 bits per heavy atom. The highest BCUT2D eigenvalue weighted by atomic mass is 35.5. The molecule has 0 spiro atoms. The van der Waals surface area contributed by atoms with E-state index in [1.165, 1.54) is 12.1 Å². The molecule has 2 N–H and O–H groups in total. The van der Waals surface area contributed by atoms with Crippen LogP contribution >= 0.6 is 24.8 Å². The second-order valence-corrected chi connectivity index (χ2v) is 7.39. The number of halogens is 5. The Morgan fingerprint density at radius 1 is 1.07 bits per heavy atom. The van der Waals surface area contributed by atoms with E-state index in [1.807, 2.05) is 0 Å². The lowest BCUT2D eigenvalue weighted by Crippen LogP contribution is -2.49. The van der Waals surface area contributed by atoms with Gasteiger partial charge in [0.15, 0.2) is 0 Å². The van der Waals surface area contributed by atoms with Gasteiger partial charge in [-0.25, -0.2) is 0 Å². The molecule has 1 aliphatic carbocycles. The molecule has 2 fully saturated rings. The first-order valence-corrected chi connectivity index (χ1v) is 9.21. The third-order valence-corrected chi connectivity index (χ3v) is 5.63. The van der Waals surface area contributed by atoms with Crippen LogP contribution in [-0.2, 0) is 6.18 Å². The fourth-order valence-corrected chi connectivity index (χ4v) is 4.18. The van der Waals surface area contributed by atoms with Crippen molar-refractivity contribution in [3.8, 4) is 0 Å². The molecule has 156 valence electrons. The van der Waals surface area contributed by atoms with E-state index in [2.05, 4.69) is 10.2 Å². The maximum atomic E-state index is 13.1. The van der Waals surface area contributed by atoms with Gasteiger partial charge >= 0.3 is 6.18 Å². The number of nitrogens with one attached hydrogen (secondary N) is 1. The predicted octanol–water partition coefficient (Wildman–Crippen LogP) is 4.23. The van der Waals surface area contributed by atoms with Gasteiger partial charge in [-0.15, -0.1) is 24.8 Å². The van der Waals surface area contributed by atoms with Crippen LogP contribution in [0.1, 0.15) is 49.1 Å². The number of piperazine rings is 1. The lowest BCUT2D eigenvalue weighted by atomic mass is 9.72. The molecule has 0 aromatic heterocycles. The predicted molar refractivity (Wildman–Crippen MR) is 106 cm³/mol. The van der Waals surface area contributed by atoms with Gasteiger partial charge < -0.3 is 15.3 Å². The van der Waals surface area contributed by atoms with E-state index in [-0.39, 0.29) is 30.7 Å². The third-order valence-electron chi connectivity index (χ3n) is 5.63. The third kappa shape index (κ3) is 6.23. The highest BCUT2D eigenvalue weighted by Crippen LogP contribution is 2.41. The largest absolute Gasteiger partial charge is 0.416 e. The Morgan fingerprint density at radius 3 is 2.30 bits per heavy atom. The monoisotopic (exact) mass is 428 g/mol. The Hall–Kier alpha value is -0.530. The zero-order valence-corrected chi connectivity index (χ0v) is 16.9. The van der Waals surface area contributed by atoms with Crippen molar-refractivity contribution >= 4 is 24.8 Å². The van der Waals surface area contributed by atoms with Gasteiger partial charge in [-0.05, 0) is 24.5 Å². The average Bonchev–Trinajstić information content (AvgIpc) is 2.60. The van der Waals surface area contributed by atoms with Crippen molar-refractivity contribution in [3.05, 3.63) is 35.4 Å². The molecule has 0 bridgehead atoms. The molecule has 1 aromatic rings. The van der Waals surface area contributed by atoms with Gasteiger partial charge in [0.25, 0.3) is 0 Å². The lowest BCUT2D eigenvalue weighted by Gasteiger charge is -2.42. The number of hydrogen-bond donors (Lipinski definition) is 2. The number of benzene rings is 1. The summed E-state index contributed by atoms with van der Waals surface area (Å²) >= 11 is 0. The molecule has 1 aliphatic heterocycles. The highest BCUT2D eigenvalue weighted by molar-refractivity contribution is 5.85. The van der Waals surface area contributed by atoms with Crippen molar-refractivity contribution in [2.24, 2.45) is 0 Å². The van der Waals surface area contributed by atoms with Crippen LogP contribution in [0, 0.1) is 0 Å². The SMILES string of the molecule is Cl.Cl.OC1(C(CN2CCNCC2)c2cccc(C(F)(F)F)c2)CCCCC1. The van der Waals surface area contributed by atoms with Gasteiger partial charge in [0.2, 0.25) is 0 Å². The smallest absolute Gasteiger partial charge is 0.389 e. The Bertz CT molecular complexity index is 574. The van der Waals surface area contributed by atoms with Crippen LogP contribution in [0.15, 0.2) is 24.3 Å². The summed E-state index contributed by atoms with van der Waals surface area (Å²) < 4.78 is 39.4. The van der Waals surface area contributed by atoms with Crippen molar-refractivity contribution in [2.75, 3.05) is 32.7 Å². The zero-order valence-electron chi connectivity index (χ0n) is 15.3. The Balaban J connectivity index is 0.00000182. The van der Waals surface area contributed by atoms with Crippen molar-refractivity contribution in [3.63, 3.8) is 0 Å². The van der Waals surface area contributed by atoms with E-state index in [4.69, 9.17) is 0 Å². The lowest BCUT2D eigenvalue weighted by molar-refractivity contribution is -0.137. The summed E-state index contributed by atoms with van der Waals surface area (Å²) in [5.74, 6) is -0.284. The van der Waals surface area contributed by atoms with Crippen LogP contribution in [0.25, 0.3) is 0 Å². The standard InChI is InChI=1S/C19H27F3N2O.2ClH/c20-19(21,22)16-6-4-5-15(13-16)17(14-24-11-9-23-10-12-24)18(25)7-2-1-3-8-18;;/h4-6,13,17,23,25H,1-3,7-12,14H2;2*1H. The molecule has 27 heavy (non-hydrogen) atoms. The Labute approximate surface area is 171 Å². The molecular weight excluding hydrogens is 400 g/mol. The average molecular weight is 429 g/mol. The maximum Gasteiger partial charge on any atom is 0.416 e. The van der Waals surface area contributed by atoms with Crippen molar-refractivity contribution in [1.82, 2.24) is 10.2 Å². The summed E-state index contributed by atoms with van der Waals surface area (Å²) in [7, 11) is 0. The van der Waals surface area contributed by atoms with E-state index < -0.39 is 17.3 Å². The zero-order chi connectivity index (χ0) is 17.9. The van der Waals surface area contributed by atoms with Crippen LogP contribution in [0.4, 0.5) is 13.2 Å². The van der Waals surface area contributed by atoms with Gasteiger partial charge in [0, 0.05) is 38.6 Å². The van der Waals surface area contributed by atoms with Crippen LogP contribution in [0.3, 0.4) is 0 Å². The molecule has 8 heteroatoms. The highest BCUT2D eigenvalue weighted by Gasteiger charge is 2.40. The summed E-state index contributed by atoms with van der Waals surface area (Å²) in [5, 5.41) is 14.6. The molecule has 1 heterocycles. The molecule has 0 radical (unpaired) electrons. The molecule has 1 saturated carbocycles. The van der Waals surface area contributed by atoms with Crippen molar-refractivity contribution in [2.45, 2.75) is 49.8 Å². The summed E-state index contributed by atoms with van der Waals surface area (Å²) in [6.07, 6.45) is -0.0585. The van der Waals surface area contributed by atoms with E-state index in [0.29, 0.717) is 24.9 Å². The molecule has 1 aromatic carbocycles. The minimum Gasteiger partial charge on any atom is -0.389 e. The summed E-state index contributed by atoms with van der Waals surface area (Å²) in [4.78, 5) is 2.26. The summed E-state index contributed by atoms with van der Waals surface area (Å²) in [6, 6.07) is 5.56. The summed E-state index contributed by atoms with van der Waals surface area (Å²) in [6.45, 7) is 4.11. The van der Waals surface area contributed by atoms with Crippen molar-refractivity contribution < 1.29 is 18.3 Å². The quantitative estimate of drug-likeness (QED) is 0.752. The molecule has 2 aliphatic rings. The minimum absolute atomic E-state index is 0. The molecule has 1 unspecified atom stereocenters. The Kier molecular flexibility index (Phi) is 9.35. The molecule has 3 nitrogen and oxygen atoms in total. The second-order valence-electron chi connectivity index (χ2n) is 7.39. The molecule has 1 atom stereocenters. The summed E-state index contributed by atoms with van der Waals surface area (Å²) in [5.41, 5.74) is -0.930. The van der Waals surface area contributed by atoms with Crippen LogP contribution < -0.4 is 5.32 Å². The van der Waals surface area contributed by atoms with Gasteiger partial charge in [0.1, 0.15) is 0 Å². The molecule has 3 rings (SSSR count). The molecular formula is C19H29Cl2F3N2O. The maximum absolute atomic E-state index is 13.1. The van der Waals surface area contributed by atoms with Gasteiger partial charge in [0.05, 0.1) is 11.2 Å². The van der Waals surface area contributed by atoms with Crippen LogP contribution in [-0.4, -0.2) is 48.3 Å². The first kappa shape index (κ1) is 24.5. The number of nitrogens with zero attached hydrogens (tertiary/aromatic N) is 1. The number of alkyl halides is 3. The van der Waals surface area contributed by atoms with Crippen LogP contribution in [0.5, 0.6) is 0 Å². The van der Waals surface area contributed by atoms with E-state index in [1.54, 1.807) is 6.07 Å². The van der Waals surface area contributed by atoms with Crippen molar-refractivity contribution in [1.29, 1.82) is 0 Å². The van der Waals surface area contributed by atoms with Gasteiger partial charge in [-0.3, -0.25) is 0 Å². The van der Waals surface area contributed by atoms with Crippen LogP contribution in [0.2, 0.25) is 0 Å². The topological polar surface area (TPSA) is 35.5 Å². The molecule has 0 amide bonds. The first-order valence-electron chi connectivity index (χ1n) is 9.21. The van der Waals surface area contributed by atoms with E-state index >= 15 is 0 Å². The second kappa shape index (κ2) is 10.3. The van der Waals surface area contributed by atoms with Gasteiger partial charge in [-0.1, -0.05) is 37.5 Å². The fraction of sp³-hybridized carbons (Fsp3) is 0.684. The number of aliphatic hydroxyl groups is 1. The van der Waals surface area contributed by atoms with E-state index in [9.17, 15) is 18.3 Å². The van der Waals surface area contributed by atoms with E-state index in [0.717, 1.165) is 51.5 Å².